The van der Waals surface area contributed by atoms with Crippen LogP contribution in [0.5, 0.6) is 0 Å². The predicted molar refractivity (Wildman–Crippen MR) is 84.9 cm³/mol. The van der Waals surface area contributed by atoms with Crippen LogP contribution in [0, 0.1) is 0 Å². The van der Waals surface area contributed by atoms with E-state index in [2.05, 4.69) is 37.8 Å². The number of allylic oxidation sites excluding steroid dienone is 5. The lowest BCUT2D eigenvalue weighted by atomic mass is 10.1. The summed E-state index contributed by atoms with van der Waals surface area (Å²) in [5.74, 6) is 0. The first-order valence-electron chi connectivity index (χ1n) is 7.82. The van der Waals surface area contributed by atoms with Crippen molar-refractivity contribution < 1.29 is 0 Å². The maximum Gasteiger partial charge on any atom is -0.0169 e. The van der Waals surface area contributed by atoms with E-state index in [1.54, 1.807) is 0 Å². The Morgan fingerprint density at radius 1 is 0.667 bits per heavy atom. The second-order valence-corrected chi connectivity index (χ2v) is 4.95. The average molecular weight is 248 g/mol. The lowest BCUT2D eigenvalue weighted by Gasteiger charge is -1.98. The molecular weight excluding hydrogens is 216 g/mol. The van der Waals surface area contributed by atoms with E-state index in [9.17, 15) is 0 Å². The molecule has 0 bridgehead atoms. The van der Waals surface area contributed by atoms with E-state index < -0.39 is 0 Å². The fourth-order valence-electron chi connectivity index (χ4n) is 1.94. The highest BCUT2D eigenvalue weighted by Gasteiger charge is 1.88. The third kappa shape index (κ3) is 15.2. The molecule has 104 valence electrons. The van der Waals surface area contributed by atoms with Crippen LogP contribution in [0.15, 0.2) is 37.0 Å². The standard InChI is InChI=1S/C18H32/c1-3-5-7-9-11-13-15-17-18-16-14-12-10-8-6-4-2/h3,9,11,15,17H,1,4-8,10,12-14,16,18H2,2H3. The van der Waals surface area contributed by atoms with Crippen molar-refractivity contribution in [2.24, 2.45) is 0 Å². The van der Waals surface area contributed by atoms with Crippen LogP contribution in [0.1, 0.15) is 77.6 Å². The topological polar surface area (TPSA) is 0 Å². The molecule has 0 aliphatic rings. The molecule has 0 amide bonds. The van der Waals surface area contributed by atoms with Crippen molar-refractivity contribution in [1.29, 1.82) is 0 Å². The molecular formula is C18H32. The molecule has 0 aromatic rings. The number of rotatable bonds is 13. The average Bonchev–Trinajstić information content (AvgIpc) is 2.39. The quantitative estimate of drug-likeness (QED) is 0.254. The molecule has 0 aliphatic carbocycles. The summed E-state index contributed by atoms with van der Waals surface area (Å²) >= 11 is 0. The van der Waals surface area contributed by atoms with Gasteiger partial charge in [0.2, 0.25) is 0 Å². The van der Waals surface area contributed by atoms with Gasteiger partial charge in [-0.1, -0.05) is 75.8 Å². The number of hydrogen-bond donors (Lipinski definition) is 0. The SMILES string of the molecule is C=CCCC=CCC=CCCCCCCCCC. The Labute approximate surface area is 115 Å². The summed E-state index contributed by atoms with van der Waals surface area (Å²) in [5, 5.41) is 0. The van der Waals surface area contributed by atoms with Crippen molar-refractivity contribution in [3.63, 3.8) is 0 Å². The summed E-state index contributed by atoms with van der Waals surface area (Å²) in [6, 6.07) is 0. The van der Waals surface area contributed by atoms with E-state index in [1.165, 1.54) is 51.4 Å². The van der Waals surface area contributed by atoms with Crippen molar-refractivity contribution >= 4 is 0 Å². The summed E-state index contributed by atoms with van der Waals surface area (Å²) in [6.45, 7) is 5.99. The Morgan fingerprint density at radius 3 is 1.94 bits per heavy atom. The van der Waals surface area contributed by atoms with Crippen LogP contribution in [0.3, 0.4) is 0 Å². The van der Waals surface area contributed by atoms with Gasteiger partial charge in [0.25, 0.3) is 0 Å². The van der Waals surface area contributed by atoms with Gasteiger partial charge in [0.05, 0.1) is 0 Å². The smallest absolute Gasteiger partial charge is 0.0169 e. The van der Waals surface area contributed by atoms with Gasteiger partial charge in [0.1, 0.15) is 0 Å². The molecule has 0 heterocycles. The summed E-state index contributed by atoms with van der Waals surface area (Å²) in [5.41, 5.74) is 0. The Kier molecular flexibility index (Phi) is 15.5. The molecule has 0 spiro atoms. The van der Waals surface area contributed by atoms with E-state index >= 15 is 0 Å². The zero-order chi connectivity index (χ0) is 13.3. The summed E-state index contributed by atoms with van der Waals surface area (Å²) < 4.78 is 0. The fourth-order valence-corrected chi connectivity index (χ4v) is 1.94. The van der Waals surface area contributed by atoms with E-state index in [4.69, 9.17) is 0 Å². The van der Waals surface area contributed by atoms with Crippen molar-refractivity contribution in [2.45, 2.75) is 77.6 Å². The molecule has 0 rings (SSSR count). The first kappa shape index (κ1) is 17.2. The van der Waals surface area contributed by atoms with E-state index in [1.807, 2.05) is 6.08 Å². The van der Waals surface area contributed by atoms with Gasteiger partial charge in [-0.2, -0.15) is 0 Å². The third-order valence-corrected chi connectivity index (χ3v) is 3.12. The zero-order valence-corrected chi connectivity index (χ0v) is 12.4. The Bertz CT molecular complexity index is 210. The molecule has 0 aliphatic heterocycles. The molecule has 0 saturated carbocycles. The molecule has 0 aromatic heterocycles. The summed E-state index contributed by atoms with van der Waals surface area (Å²) in [7, 11) is 0. The van der Waals surface area contributed by atoms with Crippen LogP contribution >= 0.6 is 0 Å². The number of hydrogen-bond acceptors (Lipinski definition) is 0. The van der Waals surface area contributed by atoms with Gasteiger partial charge in [0.15, 0.2) is 0 Å². The Hall–Kier alpha value is -0.780. The zero-order valence-electron chi connectivity index (χ0n) is 12.4. The van der Waals surface area contributed by atoms with Crippen molar-refractivity contribution in [3.8, 4) is 0 Å². The maximum absolute atomic E-state index is 3.71. The molecule has 0 N–H and O–H groups in total. The van der Waals surface area contributed by atoms with Crippen molar-refractivity contribution in [1.82, 2.24) is 0 Å². The summed E-state index contributed by atoms with van der Waals surface area (Å²) in [4.78, 5) is 0. The molecule has 0 radical (unpaired) electrons. The second kappa shape index (κ2) is 16.2. The highest BCUT2D eigenvalue weighted by Crippen LogP contribution is 2.08. The van der Waals surface area contributed by atoms with E-state index in [0.717, 1.165) is 19.3 Å². The normalized spacial score (nSPS) is 11.6. The van der Waals surface area contributed by atoms with Crippen molar-refractivity contribution in [2.75, 3.05) is 0 Å². The Morgan fingerprint density at radius 2 is 1.28 bits per heavy atom. The molecule has 0 unspecified atom stereocenters. The molecule has 0 aromatic carbocycles. The van der Waals surface area contributed by atoms with Crippen LogP contribution in [0.25, 0.3) is 0 Å². The molecule has 18 heavy (non-hydrogen) atoms. The third-order valence-electron chi connectivity index (χ3n) is 3.12. The molecule has 0 nitrogen and oxygen atoms in total. The predicted octanol–water partition coefficient (Wildman–Crippen LogP) is 6.60. The van der Waals surface area contributed by atoms with Crippen LogP contribution in [-0.4, -0.2) is 0 Å². The minimum Gasteiger partial charge on any atom is -0.103 e. The lowest BCUT2D eigenvalue weighted by Crippen LogP contribution is -1.78. The van der Waals surface area contributed by atoms with Gasteiger partial charge in [0, 0.05) is 0 Å². The second-order valence-electron chi connectivity index (χ2n) is 4.95. The maximum atomic E-state index is 3.71. The van der Waals surface area contributed by atoms with E-state index in [-0.39, 0.29) is 0 Å². The van der Waals surface area contributed by atoms with Crippen LogP contribution in [0.2, 0.25) is 0 Å². The van der Waals surface area contributed by atoms with Crippen LogP contribution in [0.4, 0.5) is 0 Å². The van der Waals surface area contributed by atoms with Crippen molar-refractivity contribution in [3.05, 3.63) is 37.0 Å². The first-order chi connectivity index (χ1) is 8.91. The Balaban J connectivity index is 3.13. The van der Waals surface area contributed by atoms with Gasteiger partial charge in [-0.15, -0.1) is 6.58 Å². The minimum absolute atomic E-state index is 1.09. The van der Waals surface area contributed by atoms with Crippen LogP contribution < -0.4 is 0 Å². The molecule has 0 heteroatoms. The van der Waals surface area contributed by atoms with Gasteiger partial charge in [-0.3, -0.25) is 0 Å². The highest BCUT2D eigenvalue weighted by molar-refractivity contribution is 4.93. The largest absolute Gasteiger partial charge is 0.103 e. The minimum atomic E-state index is 1.09. The monoisotopic (exact) mass is 248 g/mol. The first-order valence-corrected chi connectivity index (χ1v) is 7.82. The highest BCUT2D eigenvalue weighted by atomic mass is 13.9. The van der Waals surface area contributed by atoms with Gasteiger partial charge in [-0.05, 0) is 32.1 Å². The lowest BCUT2D eigenvalue weighted by molar-refractivity contribution is 0.592. The molecule has 0 fully saturated rings. The molecule has 0 atom stereocenters. The summed E-state index contributed by atoms with van der Waals surface area (Å²) in [6.07, 6.45) is 25.5. The van der Waals surface area contributed by atoms with Gasteiger partial charge in [-0.25, -0.2) is 0 Å². The fraction of sp³-hybridized carbons (Fsp3) is 0.667. The molecule has 0 saturated heterocycles. The van der Waals surface area contributed by atoms with Gasteiger partial charge < -0.3 is 0 Å². The van der Waals surface area contributed by atoms with Gasteiger partial charge >= 0.3 is 0 Å². The van der Waals surface area contributed by atoms with E-state index in [0.29, 0.717) is 0 Å². The van der Waals surface area contributed by atoms with Crippen LogP contribution in [-0.2, 0) is 0 Å². The number of unbranched alkanes of at least 4 members (excludes halogenated alkanes) is 8.